The number of amides is 3. The third-order valence-electron chi connectivity index (χ3n) is 8.84. The molecule has 1 heterocycles. The zero-order chi connectivity index (χ0) is 35.5. The number of aryl methyl sites for hydroxylation is 2. The lowest BCUT2D eigenvalue weighted by Crippen LogP contribution is -2.26. The highest BCUT2D eigenvalue weighted by molar-refractivity contribution is 6.21. The van der Waals surface area contributed by atoms with E-state index in [2.05, 4.69) is 26.0 Å². The molecule has 8 heteroatoms. The van der Waals surface area contributed by atoms with E-state index in [4.69, 9.17) is 14.3 Å². The Balaban J connectivity index is 0.00000230. The van der Waals surface area contributed by atoms with E-state index < -0.39 is 0 Å². The number of rotatable bonds is 8. The van der Waals surface area contributed by atoms with Crippen LogP contribution < -0.4 is 14.4 Å². The summed E-state index contributed by atoms with van der Waals surface area (Å²) in [6.07, 6.45) is 0. The van der Waals surface area contributed by atoms with Crippen LogP contribution in [0.5, 0.6) is 23.0 Å². The van der Waals surface area contributed by atoms with Crippen molar-refractivity contribution in [2.45, 2.75) is 33.1 Å². The van der Waals surface area contributed by atoms with Crippen molar-refractivity contribution in [3.8, 4) is 23.0 Å². The molecule has 248 valence electrons. The number of imide groups is 1. The molecule has 6 rings (SSSR count). The highest BCUT2D eigenvalue weighted by atomic mass is 16.5. The second kappa shape index (κ2) is 14.0. The first-order valence-corrected chi connectivity index (χ1v) is 15.7. The lowest BCUT2D eigenvalue weighted by Gasteiger charge is -2.26. The number of anilines is 1. The van der Waals surface area contributed by atoms with Gasteiger partial charge in [-0.05, 0) is 103 Å². The maximum Gasteiger partial charge on any atom is 0.261 e. The lowest BCUT2D eigenvalue weighted by atomic mass is 9.78. The Kier molecular flexibility index (Phi) is 9.80. The second-order valence-corrected chi connectivity index (χ2v) is 12.4. The summed E-state index contributed by atoms with van der Waals surface area (Å²) in [5, 5.41) is 0. The minimum atomic E-state index is -0.328. The van der Waals surface area contributed by atoms with Crippen LogP contribution in [0.3, 0.4) is 0 Å². The average Bonchev–Trinajstić information content (AvgIpc) is 3.32. The van der Waals surface area contributed by atoms with Crippen LogP contribution in [-0.2, 0) is 10.2 Å². The standard InChI is InChI=1S/C40H36N2O5.CH2O/c1-25-7-13-29(14-8-25)41(5)37(43)34-21-19-32(23-26(34)2)46-30-15-9-27(10-16-30)40(3,4)28-11-17-31(18-12-28)47-33-20-22-35-36(24-33)39(45)42(6)38(35)44;1-2/h7-24H,1-6H3;1H2. The third-order valence-corrected chi connectivity index (χ3v) is 8.84. The van der Waals surface area contributed by atoms with Gasteiger partial charge in [-0.15, -0.1) is 0 Å². The first-order valence-electron chi connectivity index (χ1n) is 15.7. The zero-order valence-corrected chi connectivity index (χ0v) is 28.4. The van der Waals surface area contributed by atoms with E-state index in [9.17, 15) is 14.4 Å². The van der Waals surface area contributed by atoms with Gasteiger partial charge in [0.05, 0.1) is 11.1 Å². The van der Waals surface area contributed by atoms with Gasteiger partial charge in [0.1, 0.15) is 29.8 Å². The molecule has 0 fully saturated rings. The van der Waals surface area contributed by atoms with E-state index in [1.165, 1.54) is 7.05 Å². The molecular formula is C41H38N2O6. The van der Waals surface area contributed by atoms with Gasteiger partial charge in [0.15, 0.2) is 0 Å². The van der Waals surface area contributed by atoms with Crippen molar-refractivity contribution in [2.24, 2.45) is 0 Å². The van der Waals surface area contributed by atoms with E-state index in [1.54, 1.807) is 30.1 Å². The largest absolute Gasteiger partial charge is 0.457 e. The van der Waals surface area contributed by atoms with Gasteiger partial charge < -0.3 is 19.2 Å². The molecule has 0 saturated carbocycles. The highest BCUT2D eigenvalue weighted by Gasteiger charge is 2.33. The predicted molar refractivity (Wildman–Crippen MR) is 190 cm³/mol. The van der Waals surface area contributed by atoms with Crippen LogP contribution in [0.25, 0.3) is 0 Å². The summed E-state index contributed by atoms with van der Waals surface area (Å²) in [6, 6.07) is 34.2. The van der Waals surface area contributed by atoms with Gasteiger partial charge in [-0.25, -0.2) is 0 Å². The second-order valence-electron chi connectivity index (χ2n) is 12.4. The van der Waals surface area contributed by atoms with Crippen molar-refractivity contribution in [3.63, 3.8) is 0 Å². The number of fused-ring (bicyclic) bond motifs is 1. The Morgan fingerprint density at radius 2 is 1.12 bits per heavy atom. The smallest absolute Gasteiger partial charge is 0.261 e. The fraction of sp³-hybridized carbons (Fsp3) is 0.171. The number of ether oxygens (including phenoxy) is 2. The number of hydrogen-bond donors (Lipinski definition) is 0. The van der Waals surface area contributed by atoms with Crippen molar-refractivity contribution >= 4 is 30.2 Å². The lowest BCUT2D eigenvalue weighted by molar-refractivity contribution is -0.0980. The van der Waals surface area contributed by atoms with Gasteiger partial charge in [-0.1, -0.05) is 55.8 Å². The maximum absolute atomic E-state index is 13.2. The van der Waals surface area contributed by atoms with Crippen LogP contribution in [0.2, 0.25) is 0 Å². The van der Waals surface area contributed by atoms with E-state index >= 15 is 0 Å². The molecular weight excluding hydrogens is 616 g/mol. The highest BCUT2D eigenvalue weighted by Crippen LogP contribution is 2.35. The fourth-order valence-electron chi connectivity index (χ4n) is 5.73. The maximum atomic E-state index is 13.2. The molecule has 3 amide bonds. The molecule has 0 atom stereocenters. The number of benzene rings is 5. The number of carbonyl (C=O) groups is 4. The molecule has 0 N–H and O–H groups in total. The van der Waals surface area contributed by atoms with Crippen molar-refractivity contribution in [2.75, 3.05) is 19.0 Å². The molecule has 0 bridgehead atoms. The molecule has 8 nitrogen and oxygen atoms in total. The summed E-state index contributed by atoms with van der Waals surface area (Å²) in [7, 11) is 3.26. The Labute approximate surface area is 286 Å². The zero-order valence-electron chi connectivity index (χ0n) is 28.4. The molecule has 0 radical (unpaired) electrons. The summed E-state index contributed by atoms with van der Waals surface area (Å²) in [5.41, 5.74) is 6.10. The summed E-state index contributed by atoms with van der Waals surface area (Å²) >= 11 is 0. The summed E-state index contributed by atoms with van der Waals surface area (Å²) < 4.78 is 12.2. The minimum absolute atomic E-state index is 0.0745. The molecule has 49 heavy (non-hydrogen) atoms. The Morgan fingerprint density at radius 1 is 0.653 bits per heavy atom. The summed E-state index contributed by atoms with van der Waals surface area (Å²) in [4.78, 5) is 48.5. The number of carbonyl (C=O) groups excluding carboxylic acids is 4. The molecule has 1 aliphatic rings. The molecule has 0 aromatic heterocycles. The van der Waals surface area contributed by atoms with Crippen LogP contribution in [0.1, 0.15) is 67.2 Å². The molecule has 0 unspecified atom stereocenters. The van der Waals surface area contributed by atoms with Crippen LogP contribution in [0.15, 0.2) is 109 Å². The van der Waals surface area contributed by atoms with Crippen molar-refractivity contribution < 1.29 is 28.7 Å². The molecule has 0 saturated heterocycles. The Morgan fingerprint density at radius 3 is 1.65 bits per heavy atom. The van der Waals surface area contributed by atoms with E-state index in [0.29, 0.717) is 39.7 Å². The van der Waals surface area contributed by atoms with Crippen LogP contribution in [-0.4, -0.2) is 43.5 Å². The fourth-order valence-corrected chi connectivity index (χ4v) is 5.73. The van der Waals surface area contributed by atoms with Gasteiger partial charge in [-0.2, -0.15) is 0 Å². The van der Waals surface area contributed by atoms with E-state index in [0.717, 1.165) is 32.8 Å². The van der Waals surface area contributed by atoms with Gasteiger partial charge in [-0.3, -0.25) is 19.3 Å². The first kappa shape index (κ1) is 34.3. The van der Waals surface area contributed by atoms with E-state index in [-0.39, 0.29) is 23.1 Å². The van der Waals surface area contributed by atoms with Crippen LogP contribution in [0.4, 0.5) is 5.69 Å². The van der Waals surface area contributed by atoms with Crippen molar-refractivity contribution in [1.29, 1.82) is 0 Å². The first-order chi connectivity index (χ1) is 23.4. The quantitative estimate of drug-likeness (QED) is 0.156. The molecule has 0 spiro atoms. The number of hydrogen-bond acceptors (Lipinski definition) is 6. The van der Waals surface area contributed by atoms with Gasteiger partial charge in [0.2, 0.25) is 0 Å². The monoisotopic (exact) mass is 654 g/mol. The average molecular weight is 655 g/mol. The van der Waals surface area contributed by atoms with Crippen molar-refractivity contribution in [3.05, 3.63) is 148 Å². The predicted octanol–water partition coefficient (Wildman–Crippen LogP) is 8.53. The van der Waals surface area contributed by atoms with E-state index in [1.807, 2.05) is 99.5 Å². The Hall–Kier alpha value is -6.02. The molecule has 0 aliphatic carbocycles. The Bertz CT molecular complexity index is 2020. The van der Waals surface area contributed by atoms with Gasteiger partial charge in [0, 0.05) is 30.8 Å². The summed E-state index contributed by atoms with van der Waals surface area (Å²) in [5.74, 6) is 1.77. The molecule has 5 aromatic carbocycles. The molecule has 1 aliphatic heterocycles. The van der Waals surface area contributed by atoms with Gasteiger partial charge in [0.25, 0.3) is 17.7 Å². The third kappa shape index (κ3) is 6.99. The molecule has 5 aromatic rings. The van der Waals surface area contributed by atoms with Crippen molar-refractivity contribution in [1.82, 2.24) is 4.90 Å². The van der Waals surface area contributed by atoms with Gasteiger partial charge >= 0.3 is 0 Å². The SMILES string of the molecule is C=O.Cc1ccc(N(C)C(=O)c2ccc(Oc3ccc(C(C)(C)c4ccc(Oc5ccc6c(c5)C(=O)N(C)C6=O)cc4)cc3)cc2C)cc1. The topological polar surface area (TPSA) is 93.2 Å². The normalized spacial score (nSPS) is 12.2. The van der Waals surface area contributed by atoms with Crippen LogP contribution >= 0.6 is 0 Å². The number of nitrogens with zero attached hydrogens (tertiary/aromatic N) is 2. The van der Waals surface area contributed by atoms with Crippen LogP contribution in [0, 0.1) is 13.8 Å². The summed E-state index contributed by atoms with van der Waals surface area (Å²) in [6.45, 7) is 10.3. The minimum Gasteiger partial charge on any atom is -0.457 e.